The van der Waals surface area contributed by atoms with Crippen LogP contribution in [0.2, 0.25) is 0 Å². The van der Waals surface area contributed by atoms with Crippen LogP contribution in [0.3, 0.4) is 0 Å². The maximum Gasteiger partial charge on any atom is 0.195 e. The number of rotatable bonds is 3. The maximum absolute atomic E-state index is 5.70. The molecule has 0 radical (unpaired) electrons. The van der Waals surface area contributed by atoms with Crippen molar-refractivity contribution in [2.24, 2.45) is 5.73 Å². The number of fused-ring (bicyclic) bond motifs is 1. The van der Waals surface area contributed by atoms with Gasteiger partial charge in [0.25, 0.3) is 0 Å². The molecule has 3 nitrogen and oxygen atoms in total. The number of aromatic nitrogens is 1. The van der Waals surface area contributed by atoms with Crippen molar-refractivity contribution in [1.29, 1.82) is 0 Å². The van der Waals surface area contributed by atoms with E-state index in [1.54, 1.807) is 0 Å². The molecule has 0 aliphatic rings. The summed E-state index contributed by atoms with van der Waals surface area (Å²) < 4.78 is 6.81. The van der Waals surface area contributed by atoms with E-state index >= 15 is 0 Å². The van der Waals surface area contributed by atoms with Crippen LogP contribution in [0.15, 0.2) is 15.0 Å². The summed E-state index contributed by atoms with van der Waals surface area (Å²) in [5.41, 5.74) is 9.60. The first kappa shape index (κ1) is 11.6. The van der Waals surface area contributed by atoms with Crippen molar-refractivity contribution in [3.8, 4) is 0 Å². The molecule has 86 valence electrons. The summed E-state index contributed by atoms with van der Waals surface area (Å²) >= 11 is 3.56. The number of hydrogen-bond donors (Lipinski definition) is 1. The van der Waals surface area contributed by atoms with Crippen molar-refractivity contribution >= 4 is 27.0 Å². The summed E-state index contributed by atoms with van der Waals surface area (Å²) in [6, 6.07) is 2.02. The molecular weight excluding hydrogens is 268 g/mol. The molecule has 2 rings (SSSR count). The molecule has 0 aliphatic carbocycles. The van der Waals surface area contributed by atoms with Crippen molar-refractivity contribution in [3.63, 3.8) is 0 Å². The Labute approximate surface area is 103 Å². The van der Waals surface area contributed by atoms with E-state index in [4.69, 9.17) is 10.2 Å². The van der Waals surface area contributed by atoms with Gasteiger partial charge in [-0.1, -0.05) is 15.9 Å². The lowest BCUT2D eigenvalue weighted by Crippen LogP contribution is -2.00. The second-order valence-corrected chi connectivity index (χ2v) is 4.77. The van der Waals surface area contributed by atoms with Crippen LogP contribution in [0.25, 0.3) is 11.1 Å². The molecule has 2 N–H and O–H groups in total. The second kappa shape index (κ2) is 4.55. The van der Waals surface area contributed by atoms with Crippen LogP contribution in [0.1, 0.15) is 23.4 Å². The third-order valence-electron chi connectivity index (χ3n) is 2.67. The molecule has 1 heterocycles. The predicted octanol–water partition coefficient (Wildman–Crippen LogP) is 3.10. The number of oxazole rings is 1. The molecule has 0 unspecified atom stereocenters. The highest BCUT2D eigenvalue weighted by atomic mass is 79.9. The van der Waals surface area contributed by atoms with E-state index in [1.165, 1.54) is 5.56 Å². The van der Waals surface area contributed by atoms with Gasteiger partial charge in [-0.15, -0.1) is 0 Å². The molecule has 0 saturated carbocycles. The van der Waals surface area contributed by atoms with Crippen molar-refractivity contribution in [1.82, 2.24) is 4.98 Å². The zero-order chi connectivity index (χ0) is 11.7. The lowest BCUT2D eigenvalue weighted by Gasteiger charge is -2.01. The molecule has 4 heteroatoms. The van der Waals surface area contributed by atoms with Crippen LogP contribution in [-0.2, 0) is 6.42 Å². The average molecular weight is 283 g/mol. The van der Waals surface area contributed by atoms with E-state index in [2.05, 4.69) is 34.8 Å². The van der Waals surface area contributed by atoms with Gasteiger partial charge in [0.05, 0.1) is 0 Å². The molecular formula is C12H15BrN2O. The lowest BCUT2D eigenvalue weighted by molar-refractivity contribution is 0.521. The molecule has 0 amide bonds. The highest BCUT2D eigenvalue weighted by Gasteiger charge is 2.11. The van der Waals surface area contributed by atoms with Gasteiger partial charge in [0, 0.05) is 10.9 Å². The van der Waals surface area contributed by atoms with Crippen LogP contribution in [-0.4, -0.2) is 11.5 Å². The minimum Gasteiger partial charge on any atom is -0.441 e. The first-order chi connectivity index (χ1) is 7.63. The Balaban J connectivity index is 2.49. The number of nitrogens with two attached hydrogens (primary N) is 1. The quantitative estimate of drug-likeness (QED) is 0.941. The van der Waals surface area contributed by atoms with Gasteiger partial charge < -0.3 is 10.2 Å². The summed E-state index contributed by atoms with van der Waals surface area (Å²) in [7, 11) is 0. The minimum absolute atomic E-state index is 0.667. The Hall–Kier alpha value is -0.870. The number of hydrogen-bond acceptors (Lipinski definition) is 3. The minimum atomic E-state index is 0.667. The first-order valence-corrected chi connectivity index (χ1v) is 6.18. The van der Waals surface area contributed by atoms with E-state index in [-0.39, 0.29) is 0 Å². The monoisotopic (exact) mass is 282 g/mol. The topological polar surface area (TPSA) is 52.0 Å². The van der Waals surface area contributed by atoms with E-state index in [0.717, 1.165) is 39.9 Å². The van der Waals surface area contributed by atoms with Gasteiger partial charge in [-0.05, 0) is 44.0 Å². The Morgan fingerprint density at radius 1 is 1.44 bits per heavy atom. The van der Waals surface area contributed by atoms with Gasteiger partial charge in [0.15, 0.2) is 11.5 Å². The average Bonchev–Trinajstić information content (AvgIpc) is 2.66. The fourth-order valence-electron chi connectivity index (χ4n) is 1.76. The van der Waals surface area contributed by atoms with E-state index < -0.39 is 0 Å². The molecule has 0 atom stereocenters. The van der Waals surface area contributed by atoms with Crippen molar-refractivity contribution in [2.75, 3.05) is 6.54 Å². The number of halogens is 1. The number of aryl methyl sites for hydroxylation is 3. The van der Waals surface area contributed by atoms with Gasteiger partial charge in [0.2, 0.25) is 0 Å². The Morgan fingerprint density at radius 2 is 2.19 bits per heavy atom. The fourth-order valence-corrected chi connectivity index (χ4v) is 2.07. The van der Waals surface area contributed by atoms with Crippen LogP contribution in [0.5, 0.6) is 0 Å². The zero-order valence-electron chi connectivity index (χ0n) is 9.51. The molecule has 1 aromatic carbocycles. The summed E-state index contributed by atoms with van der Waals surface area (Å²) in [6.45, 7) is 4.77. The van der Waals surface area contributed by atoms with Crippen LogP contribution in [0, 0.1) is 13.8 Å². The van der Waals surface area contributed by atoms with Crippen molar-refractivity contribution in [2.45, 2.75) is 26.7 Å². The Bertz CT molecular complexity index is 519. The Morgan fingerprint density at radius 3 is 2.88 bits per heavy atom. The number of benzene rings is 1. The maximum atomic E-state index is 5.70. The summed E-state index contributed by atoms with van der Waals surface area (Å²) in [4.78, 5) is 4.50. The molecule has 0 spiro atoms. The first-order valence-electron chi connectivity index (χ1n) is 5.38. The van der Waals surface area contributed by atoms with Crippen LogP contribution >= 0.6 is 15.9 Å². The highest BCUT2D eigenvalue weighted by Crippen LogP contribution is 2.29. The smallest absolute Gasteiger partial charge is 0.195 e. The largest absolute Gasteiger partial charge is 0.441 e. The van der Waals surface area contributed by atoms with Gasteiger partial charge in [0.1, 0.15) is 5.52 Å². The molecule has 2 aromatic rings. The Kier molecular flexibility index (Phi) is 3.30. The lowest BCUT2D eigenvalue weighted by atomic mass is 10.1. The van der Waals surface area contributed by atoms with Crippen molar-refractivity contribution in [3.05, 3.63) is 27.6 Å². The van der Waals surface area contributed by atoms with Gasteiger partial charge >= 0.3 is 0 Å². The summed E-state index contributed by atoms with van der Waals surface area (Å²) in [6.07, 6.45) is 1.72. The standard InChI is InChI=1S/C12H15BrN2O/c1-7-6-9-12(8(2)11(7)13)15-10(16-9)4-3-5-14/h6H,3-5,14H2,1-2H3. The van der Waals surface area contributed by atoms with Gasteiger partial charge in [-0.3, -0.25) is 0 Å². The van der Waals surface area contributed by atoms with Crippen LogP contribution in [0.4, 0.5) is 0 Å². The predicted molar refractivity (Wildman–Crippen MR) is 68.6 cm³/mol. The van der Waals surface area contributed by atoms with E-state index in [9.17, 15) is 0 Å². The third kappa shape index (κ3) is 1.99. The number of nitrogens with zero attached hydrogens (tertiary/aromatic N) is 1. The van der Waals surface area contributed by atoms with E-state index in [1.807, 2.05) is 6.07 Å². The fraction of sp³-hybridized carbons (Fsp3) is 0.417. The normalized spacial score (nSPS) is 11.2. The molecule has 16 heavy (non-hydrogen) atoms. The van der Waals surface area contributed by atoms with Crippen LogP contribution < -0.4 is 5.73 Å². The third-order valence-corrected chi connectivity index (χ3v) is 3.89. The van der Waals surface area contributed by atoms with Crippen molar-refractivity contribution < 1.29 is 4.42 Å². The molecule has 0 fully saturated rings. The van der Waals surface area contributed by atoms with E-state index in [0.29, 0.717) is 6.54 Å². The zero-order valence-corrected chi connectivity index (χ0v) is 11.1. The molecule has 0 bridgehead atoms. The highest BCUT2D eigenvalue weighted by molar-refractivity contribution is 9.10. The summed E-state index contributed by atoms with van der Waals surface area (Å²) in [5, 5.41) is 0. The summed E-state index contributed by atoms with van der Waals surface area (Å²) in [5.74, 6) is 0.779. The van der Waals surface area contributed by atoms with Gasteiger partial charge in [-0.2, -0.15) is 0 Å². The second-order valence-electron chi connectivity index (χ2n) is 3.98. The van der Waals surface area contributed by atoms with Gasteiger partial charge in [-0.25, -0.2) is 4.98 Å². The molecule has 0 saturated heterocycles. The molecule has 1 aromatic heterocycles. The SMILES string of the molecule is Cc1cc2oc(CCCN)nc2c(C)c1Br. The molecule has 0 aliphatic heterocycles.